The van der Waals surface area contributed by atoms with Gasteiger partial charge in [0.1, 0.15) is 13.1 Å². The average Bonchev–Trinajstić information content (AvgIpc) is 2.22. The molecule has 0 aromatic heterocycles. The summed E-state index contributed by atoms with van der Waals surface area (Å²) in [6.45, 7) is -2.35. The van der Waals surface area contributed by atoms with Gasteiger partial charge in [-0.25, -0.2) is 27.2 Å². The van der Waals surface area contributed by atoms with Crippen LogP contribution in [0.3, 0.4) is 0 Å². The van der Waals surface area contributed by atoms with Crippen molar-refractivity contribution in [3.8, 4) is 0 Å². The van der Waals surface area contributed by atoms with Gasteiger partial charge in [0.25, 0.3) is 11.8 Å². The molecule has 0 saturated carbocycles. The molecule has 0 amide bonds. The van der Waals surface area contributed by atoms with Crippen LogP contribution in [-0.2, 0) is 9.59 Å². The molecule has 0 bridgehead atoms. The fourth-order valence-corrected chi connectivity index (χ4v) is 0.820. The molecule has 4 nitrogen and oxygen atoms in total. The highest BCUT2D eigenvalue weighted by molar-refractivity contribution is 5.33. The Hall–Kier alpha value is -1.52. The lowest BCUT2D eigenvalue weighted by molar-refractivity contribution is -0.0523. The van der Waals surface area contributed by atoms with E-state index in [1.165, 1.54) is 0 Å². The Morgan fingerprint density at radius 2 is 1.12 bits per heavy atom. The topological polar surface area (TPSA) is 58.9 Å². The molecule has 0 aliphatic rings. The molecule has 0 spiro atoms. The van der Waals surface area contributed by atoms with Gasteiger partial charge < -0.3 is 0 Å². The van der Waals surface area contributed by atoms with Crippen molar-refractivity contribution in [2.24, 2.45) is 9.98 Å². The average molecular weight is 240 g/mol. The summed E-state index contributed by atoms with van der Waals surface area (Å²) >= 11 is 0. The van der Waals surface area contributed by atoms with E-state index in [2.05, 4.69) is 9.98 Å². The summed E-state index contributed by atoms with van der Waals surface area (Å²) in [5.74, 6) is -6.99. The number of halogens is 4. The lowest BCUT2D eigenvalue weighted by atomic mass is 10.1. The van der Waals surface area contributed by atoms with E-state index in [1.54, 1.807) is 0 Å². The Morgan fingerprint density at radius 1 is 0.812 bits per heavy atom. The molecular weight excluding hydrogens is 232 g/mol. The van der Waals surface area contributed by atoms with E-state index in [4.69, 9.17) is 0 Å². The number of aliphatic imine (C=N–C) groups is 2. The summed E-state index contributed by atoms with van der Waals surface area (Å²) in [5.41, 5.74) is 0. The third-order valence-corrected chi connectivity index (χ3v) is 1.61. The van der Waals surface area contributed by atoms with Gasteiger partial charge in [0, 0.05) is 12.8 Å². The van der Waals surface area contributed by atoms with E-state index >= 15 is 0 Å². The van der Waals surface area contributed by atoms with Crippen LogP contribution in [0.4, 0.5) is 17.6 Å². The zero-order valence-corrected chi connectivity index (χ0v) is 8.05. The van der Waals surface area contributed by atoms with Crippen LogP contribution in [0.2, 0.25) is 0 Å². The summed E-state index contributed by atoms with van der Waals surface area (Å²) in [6, 6.07) is 0. The van der Waals surface area contributed by atoms with Crippen molar-refractivity contribution >= 4 is 12.2 Å². The van der Waals surface area contributed by atoms with Crippen molar-refractivity contribution < 1.29 is 27.2 Å². The first kappa shape index (κ1) is 14.5. The highest BCUT2D eigenvalue weighted by Gasteiger charge is 2.36. The summed E-state index contributed by atoms with van der Waals surface area (Å²) in [7, 11) is 0. The maximum Gasteiger partial charge on any atom is 0.268 e. The second-order valence-corrected chi connectivity index (χ2v) is 3.03. The molecule has 0 aromatic rings. The zero-order valence-electron chi connectivity index (χ0n) is 8.05. The maximum absolute atomic E-state index is 12.7. The molecule has 0 heterocycles. The molecule has 0 saturated heterocycles. The number of nitrogens with zero attached hydrogens (tertiary/aromatic N) is 2. The van der Waals surface area contributed by atoms with Crippen LogP contribution in [0.1, 0.15) is 12.8 Å². The van der Waals surface area contributed by atoms with Gasteiger partial charge in [-0.1, -0.05) is 0 Å². The molecule has 0 aliphatic heterocycles. The third kappa shape index (κ3) is 6.86. The van der Waals surface area contributed by atoms with Crippen molar-refractivity contribution in [1.82, 2.24) is 0 Å². The molecule has 0 rings (SSSR count). The second-order valence-electron chi connectivity index (χ2n) is 3.03. The van der Waals surface area contributed by atoms with Crippen LogP contribution in [0, 0.1) is 0 Å². The minimum atomic E-state index is -3.49. The largest absolute Gasteiger partial charge is 0.268 e. The van der Waals surface area contributed by atoms with Crippen molar-refractivity contribution in [3.63, 3.8) is 0 Å². The Labute approximate surface area is 88.1 Å². The summed E-state index contributed by atoms with van der Waals surface area (Å²) in [4.78, 5) is 24.4. The predicted molar refractivity (Wildman–Crippen MR) is 45.1 cm³/mol. The molecule has 0 fully saturated rings. The SMILES string of the molecule is O=C=NCC(F)(F)CCC(F)(F)CN=C=O. The molecule has 0 atom stereocenters. The van der Waals surface area contributed by atoms with Crippen molar-refractivity contribution in [1.29, 1.82) is 0 Å². The normalized spacial score (nSPS) is 11.5. The second kappa shape index (κ2) is 6.15. The highest BCUT2D eigenvalue weighted by Crippen LogP contribution is 2.28. The van der Waals surface area contributed by atoms with Crippen LogP contribution in [-0.4, -0.2) is 37.1 Å². The smallest absolute Gasteiger partial charge is 0.211 e. The standard InChI is InChI=1S/C8H8F4N2O2/c9-7(10,3-13-5-15)1-2-8(11,12)4-14-6-16/h1-4H2. The fraction of sp³-hybridized carbons (Fsp3) is 0.750. The number of rotatable bonds is 7. The van der Waals surface area contributed by atoms with E-state index in [-0.39, 0.29) is 0 Å². The number of hydrogen-bond donors (Lipinski definition) is 0. The number of alkyl halides is 4. The molecule has 0 unspecified atom stereocenters. The maximum atomic E-state index is 12.7. The van der Waals surface area contributed by atoms with Gasteiger partial charge in [-0.05, 0) is 0 Å². The first-order chi connectivity index (χ1) is 7.33. The van der Waals surface area contributed by atoms with E-state index in [0.717, 1.165) is 12.2 Å². The minimum absolute atomic E-state index is 0.893. The van der Waals surface area contributed by atoms with Crippen LogP contribution in [0.25, 0.3) is 0 Å². The minimum Gasteiger partial charge on any atom is -0.211 e. The first-order valence-corrected chi connectivity index (χ1v) is 4.16. The quantitative estimate of drug-likeness (QED) is 0.386. The molecular formula is C8H8F4N2O2. The van der Waals surface area contributed by atoms with Crippen LogP contribution >= 0.6 is 0 Å². The van der Waals surface area contributed by atoms with Gasteiger partial charge in [0.05, 0.1) is 0 Å². The van der Waals surface area contributed by atoms with E-state index in [0.29, 0.717) is 0 Å². The van der Waals surface area contributed by atoms with E-state index < -0.39 is 37.8 Å². The summed E-state index contributed by atoms with van der Waals surface area (Å²) in [6.07, 6.45) is -0.521. The van der Waals surface area contributed by atoms with Crippen molar-refractivity contribution in [2.75, 3.05) is 13.1 Å². The van der Waals surface area contributed by atoms with Gasteiger partial charge in [-0.3, -0.25) is 0 Å². The van der Waals surface area contributed by atoms with Gasteiger partial charge >= 0.3 is 0 Å². The molecule has 0 N–H and O–H groups in total. The van der Waals surface area contributed by atoms with Gasteiger partial charge in [0.15, 0.2) is 0 Å². The lowest BCUT2D eigenvalue weighted by Gasteiger charge is -2.17. The van der Waals surface area contributed by atoms with E-state index in [9.17, 15) is 27.2 Å². The molecule has 0 aromatic carbocycles. The monoisotopic (exact) mass is 240 g/mol. The fourth-order valence-electron chi connectivity index (χ4n) is 0.820. The van der Waals surface area contributed by atoms with Gasteiger partial charge in [-0.15, -0.1) is 0 Å². The Bertz CT molecular complexity index is 288. The Balaban J connectivity index is 4.20. The van der Waals surface area contributed by atoms with Crippen LogP contribution < -0.4 is 0 Å². The van der Waals surface area contributed by atoms with Crippen molar-refractivity contribution in [3.05, 3.63) is 0 Å². The molecule has 0 aliphatic carbocycles. The van der Waals surface area contributed by atoms with Gasteiger partial charge in [0.2, 0.25) is 12.2 Å². The highest BCUT2D eigenvalue weighted by atomic mass is 19.3. The first-order valence-electron chi connectivity index (χ1n) is 4.16. The van der Waals surface area contributed by atoms with Crippen molar-refractivity contribution in [2.45, 2.75) is 24.7 Å². The Morgan fingerprint density at radius 3 is 1.38 bits per heavy atom. The Kier molecular flexibility index (Phi) is 5.56. The van der Waals surface area contributed by atoms with Crippen LogP contribution in [0.15, 0.2) is 9.98 Å². The zero-order chi connectivity index (χ0) is 12.7. The predicted octanol–water partition coefficient (Wildman–Crippen LogP) is 1.71. The summed E-state index contributed by atoms with van der Waals surface area (Å²) < 4.78 is 51.0. The third-order valence-electron chi connectivity index (χ3n) is 1.61. The van der Waals surface area contributed by atoms with Gasteiger partial charge in [-0.2, -0.15) is 9.98 Å². The molecule has 0 radical (unpaired) electrons. The van der Waals surface area contributed by atoms with E-state index in [1.807, 2.05) is 0 Å². The van der Waals surface area contributed by atoms with Crippen LogP contribution in [0.5, 0.6) is 0 Å². The lowest BCUT2D eigenvalue weighted by Crippen LogP contribution is -2.27. The number of isocyanates is 2. The molecule has 90 valence electrons. The number of hydrogen-bond acceptors (Lipinski definition) is 4. The summed E-state index contributed by atoms with van der Waals surface area (Å²) in [5, 5.41) is 0. The molecule has 8 heteroatoms. The molecule has 16 heavy (non-hydrogen) atoms. The number of carbonyl (C=O) groups excluding carboxylic acids is 2.